The van der Waals surface area contributed by atoms with Crippen LogP contribution in [0.1, 0.15) is 0 Å². The Morgan fingerprint density at radius 1 is 0.968 bits per heavy atom. The van der Waals surface area contributed by atoms with E-state index in [4.69, 9.17) is 9.72 Å². The monoisotopic (exact) mass is 417 g/mol. The van der Waals surface area contributed by atoms with E-state index < -0.39 is 0 Å². The summed E-state index contributed by atoms with van der Waals surface area (Å²) in [7, 11) is 1.44. The second kappa shape index (κ2) is 7.71. The lowest BCUT2D eigenvalue weighted by atomic mass is 10.1. The molecule has 1 aliphatic rings. The van der Waals surface area contributed by atoms with Gasteiger partial charge in [-0.25, -0.2) is 9.97 Å². The van der Waals surface area contributed by atoms with Crippen LogP contribution in [0, 0.1) is 0 Å². The Labute approximate surface area is 179 Å². The Balaban J connectivity index is 1.38. The van der Waals surface area contributed by atoms with Crippen molar-refractivity contribution in [1.29, 1.82) is 0 Å². The average Bonchev–Trinajstić information content (AvgIpc) is 3.25. The van der Waals surface area contributed by atoms with Crippen molar-refractivity contribution in [3.8, 4) is 28.6 Å². The average molecular weight is 417 g/mol. The number of aromatic nitrogens is 3. The number of aromatic hydroxyl groups is 2. The lowest BCUT2D eigenvalue weighted by Gasteiger charge is -2.36. The van der Waals surface area contributed by atoms with E-state index >= 15 is 0 Å². The summed E-state index contributed by atoms with van der Waals surface area (Å²) < 4.78 is 5.13. The van der Waals surface area contributed by atoms with Gasteiger partial charge in [-0.05, 0) is 42.5 Å². The molecule has 0 unspecified atom stereocenters. The van der Waals surface area contributed by atoms with E-state index in [0.717, 1.165) is 48.7 Å². The zero-order valence-corrected chi connectivity index (χ0v) is 17.1. The van der Waals surface area contributed by atoms with Crippen molar-refractivity contribution >= 4 is 22.5 Å². The Bertz CT molecular complexity index is 1220. The van der Waals surface area contributed by atoms with Crippen LogP contribution in [-0.2, 0) is 0 Å². The van der Waals surface area contributed by atoms with Gasteiger partial charge in [0.2, 0.25) is 5.75 Å². The number of nitrogens with one attached hydrogen (secondary N) is 1. The smallest absolute Gasteiger partial charge is 0.200 e. The fourth-order valence-electron chi connectivity index (χ4n) is 3.95. The maximum Gasteiger partial charge on any atom is 0.200 e. The van der Waals surface area contributed by atoms with Crippen LogP contribution in [0.4, 0.5) is 11.5 Å². The lowest BCUT2D eigenvalue weighted by molar-refractivity contribution is 0.351. The van der Waals surface area contributed by atoms with E-state index in [1.54, 1.807) is 6.07 Å². The molecule has 8 heteroatoms. The molecule has 158 valence electrons. The molecule has 8 nitrogen and oxygen atoms in total. The Morgan fingerprint density at radius 2 is 1.77 bits per heavy atom. The minimum Gasteiger partial charge on any atom is -0.504 e. The number of rotatable bonds is 4. The van der Waals surface area contributed by atoms with Gasteiger partial charge in [0, 0.05) is 43.6 Å². The van der Waals surface area contributed by atoms with Crippen molar-refractivity contribution in [2.45, 2.75) is 0 Å². The molecule has 0 bridgehead atoms. The SMILES string of the molecule is COc1cc(-c2nc3cc(N4CCN(c5ccccn5)CC4)ccc3[nH]2)cc(O)c1O. The molecule has 5 rings (SSSR count). The van der Waals surface area contributed by atoms with Gasteiger partial charge in [-0.2, -0.15) is 0 Å². The van der Waals surface area contributed by atoms with Crippen LogP contribution in [0.5, 0.6) is 17.2 Å². The van der Waals surface area contributed by atoms with Crippen molar-refractivity contribution in [2.24, 2.45) is 0 Å². The fourth-order valence-corrected chi connectivity index (χ4v) is 3.95. The second-order valence-corrected chi connectivity index (χ2v) is 7.50. The number of phenolic OH excluding ortho intramolecular Hbond substituents is 2. The summed E-state index contributed by atoms with van der Waals surface area (Å²) in [6.45, 7) is 3.63. The standard InChI is InChI=1S/C23H23N5O3/c1-31-20-13-15(12-19(29)22(20)30)23-25-17-6-5-16(14-18(17)26-23)27-8-10-28(11-9-27)21-4-2-3-7-24-21/h2-7,12-14,29-30H,8-11H2,1H3,(H,25,26). The molecule has 1 aliphatic heterocycles. The number of piperazine rings is 1. The molecule has 1 saturated heterocycles. The topological polar surface area (TPSA) is 97.7 Å². The number of hydrogen-bond acceptors (Lipinski definition) is 7. The summed E-state index contributed by atoms with van der Waals surface area (Å²) in [6.07, 6.45) is 1.83. The van der Waals surface area contributed by atoms with Crippen LogP contribution in [0.2, 0.25) is 0 Å². The van der Waals surface area contributed by atoms with Gasteiger partial charge in [0.1, 0.15) is 11.6 Å². The van der Waals surface area contributed by atoms with Crippen molar-refractivity contribution in [3.05, 3.63) is 54.7 Å². The molecule has 0 atom stereocenters. The van der Waals surface area contributed by atoms with Crippen molar-refractivity contribution in [2.75, 3.05) is 43.1 Å². The summed E-state index contributed by atoms with van der Waals surface area (Å²) >= 11 is 0. The highest BCUT2D eigenvalue weighted by Crippen LogP contribution is 2.39. The molecule has 4 aromatic rings. The first kappa shape index (κ1) is 19.0. The highest BCUT2D eigenvalue weighted by molar-refractivity contribution is 5.83. The van der Waals surface area contributed by atoms with Crippen LogP contribution in [0.15, 0.2) is 54.7 Å². The number of benzene rings is 2. The third kappa shape index (κ3) is 3.56. The van der Waals surface area contributed by atoms with E-state index in [2.05, 4.69) is 31.9 Å². The molecule has 3 heterocycles. The minimum absolute atomic E-state index is 0.196. The second-order valence-electron chi connectivity index (χ2n) is 7.50. The maximum atomic E-state index is 9.98. The number of hydrogen-bond donors (Lipinski definition) is 3. The summed E-state index contributed by atoms with van der Waals surface area (Å²) in [5, 5.41) is 19.8. The molecular formula is C23H23N5O3. The molecule has 0 aliphatic carbocycles. The number of phenols is 2. The predicted molar refractivity (Wildman–Crippen MR) is 120 cm³/mol. The summed E-state index contributed by atoms with van der Waals surface area (Å²) in [5.74, 6) is 1.28. The van der Waals surface area contributed by atoms with Gasteiger partial charge in [-0.15, -0.1) is 0 Å². The zero-order chi connectivity index (χ0) is 21.4. The number of aromatic amines is 1. The Hall–Kier alpha value is -3.94. The van der Waals surface area contributed by atoms with Crippen LogP contribution in [-0.4, -0.2) is 58.5 Å². The third-order valence-corrected chi connectivity index (χ3v) is 5.63. The van der Waals surface area contributed by atoms with Gasteiger partial charge < -0.3 is 29.7 Å². The highest BCUT2D eigenvalue weighted by atomic mass is 16.5. The zero-order valence-electron chi connectivity index (χ0n) is 17.1. The van der Waals surface area contributed by atoms with Gasteiger partial charge in [-0.3, -0.25) is 0 Å². The first-order valence-corrected chi connectivity index (χ1v) is 10.1. The number of H-pyrrole nitrogens is 1. The number of fused-ring (bicyclic) bond motifs is 1. The molecule has 0 amide bonds. The van der Waals surface area contributed by atoms with Gasteiger partial charge in [0.15, 0.2) is 11.5 Å². The summed E-state index contributed by atoms with van der Waals surface area (Å²) in [6, 6.07) is 15.3. The third-order valence-electron chi connectivity index (χ3n) is 5.63. The van der Waals surface area contributed by atoms with Crippen LogP contribution in [0.3, 0.4) is 0 Å². The number of anilines is 2. The Kier molecular flexibility index (Phi) is 4.74. The molecule has 0 saturated carbocycles. The number of methoxy groups -OCH3 is 1. The van der Waals surface area contributed by atoms with Crippen LogP contribution in [0.25, 0.3) is 22.4 Å². The number of ether oxygens (including phenoxy) is 1. The summed E-state index contributed by atoms with van der Waals surface area (Å²) in [5.41, 5.74) is 3.50. The first-order valence-electron chi connectivity index (χ1n) is 10.1. The predicted octanol–water partition coefficient (Wildman–Crippen LogP) is 3.37. The van der Waals surface area contributed by atoms with E-state index in [9.17, 15) is 10.2 Å². The Morgan fingerprint density at radius 3 is 2.52 bits per heavy atom. The largest absolute Gasteiger partial charge is 0.504 e. The number of nitrogens with zero attached hydrogens (tertiary/aromatic N) is 4. The van der Waals surface area contributed by atoms with Crippen molar-refractivity contribution < 1.29 is 14.9 Å². The van der Waals surface area contributed by atoms with E-state index in [1.165, 1.54) is 13.2 Å². The van der Waals surface area contributed by atoms with Crippen LogP contribution >= 0.6 is 0 Å². The maximum absolute atomic E-state index is 9.98. The van der Waals surface area contributed by atoms with E-state index in [0.29, 0.717) is 11.4 Å². The molecule has 3 N–H and O–H groups in total. The van der Waals surface area contributed by atoms with Crippen LogP contribution < -0.4 is 14.5 Å². The van der Waals surface area contributed by atoms with Gasteiger partial charge in [0.25, 0.3) is 0 Å². The molecular weight excluding hydrogens is 394 g/mol. The normalized spacial score (nSPS) is 14.2. The van der Waals surface area contributed by atoms with Gasteiger partial charge in [0.05, 0.1) is 18.1 Å². The number of pyridine rings is 1. The molecule has 0 spiro atoms. The van der Waals surface area contributed by atoms with E-state index in [-0.39, 0.29) is 17.2 Å². The lowest BCUT2D eigenvalue weighted by Crippen LogP contribution is -2.46. The molecule has 2 aromatic carbocycles. The highest BCUT2D eigenvalue weighted by Gasteiger charge is 2.19. The molecule has 0 radical (unpaired) electrons. The van der Waals surface area contributed by atoms with Crippen molar-refractivity contribution in [3.63, 3.8) is 0 Å². The van der Waals surface area contributed by atoms with E-state index in [1.807, 2.05) is 30.5 Å². The molecule has 31 heavy (non-hydrogen) atoms. The van der Waals surface area contributed by atoms with Gasteiger partial charge in [-0.1, -0.05) is 6.07 Å². The number of imidazole rings is 1. The van der Waals surface area contributed by atoms with Crippen molar-refractivity contribution in [1.82, 2.24) is 15.0 Å². The quantitative estimate of drug-likeness (QED) is 0.438. The summed E-state index contributed by atoms with van der Waals surface area (Å²) in [4.78, 5) is 17.1. The fraction of sp³-hybridized carbons (Fsp3) is 0.217. The van der Waals surface area contributed by atoms with Gasteiger partial charge >= 0.3 is 0 Å². The first-order chi connectivity index (χ1) is 15.1. The molecule has 2 aromatic heterocycles. The minimum atomic E-state index is -0.283. The molecule has 1 fully saturated rings.